The predicted molar refractivity (Wildman–Crippen MR) is 93.7 cm³/mol. The molecule has 146 valence electrons. The van der Waals surface area contributed by atoms with Crippen molar-refractivity contribution in [3.05, 3.63) is 58.4 Å². The van der Waals surface area contributed by atoms with E-state index in [-0.39, 0.29) is 18.0 Å². The van der Waals surface area contributed by atoms with Gasteiger partial charge in [0, 0.05) is 11.6 Å². The van der Waals surface area contributed by atoms with Crippen LogP contribution in [0.5, 0.6) is 11.5 Å². The first-order valence-corrected chi connectivity index (χ1v) is 8.68. The van der Waals surface area contributed by atoms with E-state index in [2.05, 4.69) is 5.32 Å². The van der Waals surface area contributed by atoms with Crippen molar-refractivity contribution in [2.45, 2.75) is 31.5 Å². The monoisotopic (exact) mass is 383 g/mol. The number of hydrogen-bond acceptors (Lipinski definition) is 3. The van der Waals surface area contributed by atoms with Crippen LogP contribution in [-0.4, -0.2) is 20.8 Å². The van der Waals surface area contributed by atoms with Gasteiger partial charge in [0.05, 0.1) is 19.8 Å². The van der Waals surface area contributed by atoms with Gasteiger partial charge in [-0.1, -0.05) is 6.07 Å². The molecule has 0 aromatic heterocycles. The number of rotatable bonds is 5. The van der Waals surface area contributed by atoms with E-state index in [1.165, 1.54) is 7.11 Å². The molecule has 1 N–H and O–H groups in total. The average molecular weight is 383 g/mol. The van der Waals surface area contributed by atoms with Crippen LogP contribution in [0.2, 0.25) is 0 Å². The lowest BCUT2D eigenvalue weighted by atomic mass is 9.89. The van der Waals surface area contributed by atoms with E-state index in [9.17, 15) is 17.6 Å². The highest BCUT2D eigenvalue weighted by Crippen LogP contribution is 2.38. The summed E-state index contributed by atoms with van der Waals surface area (Å²) in [6, 6.07) is 6.64. The van der Waals surface area contributed by atoms with Gasteiger partial charge in [-0.05, 0) is 61.2 Å². The van der Waals surface area contributed by atoms with Gasteiger partial charge in [-0.25, -0.2) is 4.39 Å². The van der Waals surface area contributed by atoms with Gasteiger partial charge in [-0.15, -0.1) is 0 Å². The van der Waals surface area contributed by atoms with Crippen LogP contribution in [0.25, 0.3) is 0 Å². The summed E-state index contributed by atoms with van der Waals surface area (Å²) in [5.74, 6) is 0.352. The largest absolute Gasteiger partial charge is 0.493 e. The van der Waals surface area contributed by atoms with E-state index < -0.39 is 17.6 Å². The van der Waals surface area contributed by atoms with Crippen molar-refractivity contribution in [3.63, 3.8) is 0 Å². The van der Waals surface area contributed by atoms with Crippen molar-refractivity contribution in [1.82, 2.24) is 5.32 Å². The summed E-state index contributed by atoms with van der Waals surface area (Å²) in [6.07, 6.45) is -3.48. The Morgan fingerprint density at radius 1 is 1.11 bits per heavy atom. The number of fused-ring (bicyclic) bond motifs is 1. The minimum absolute atomic E-state index is 0.0209. The van der Waals surface area contributed by atoms with Crippen LogP contribution < -0.4 is 14.8 Å². The summed E-state index contributed by atoms with van der Waals surface area (Å²) in [7, 11) is 3.09. The highest BCUT2D eigenvalue weighted by Gasteiger charge is 2.34. The molecular weight excluding hydrogens is 362 g/mol. The van der Waals surface area contributed by atoms with Crippen molar-refractivity contribution in [2.75, 3.05) is 20.8 Å². The second-order valence-corrected chi connectivity index (χ2v) is 6.47. The summed E-state index contributed by atoms with van der Waals surface area (Å²) in [4.78, 5) is 0. The molecule has 1 heterocycles. The van der Waals surface area contributed by atoms with Crippen LogP contribution in [-0.2, 0) is 19.0 Å². The Labute approximate surface area is 155 Å². The van der Waals surface area contributed by atoms with E-state index in [0.29, 0.717) is 24.5 Å². The zero-order valence-corrected chi connectivity index (χ0v) is 15.1. The normalized spacial score (nSPS) is 16.7. The van der Waals surface area contributed by atoms with Gasteiger partial charge >= 0.3 is 6.18 Å². The number of alkyl halides is 3. The minimum atomic E-state index is -4.58. The molecule has 2 aromatic carbocycles. The Kier molecular flexibility index (Phi) is 5.60. The molecule has 3 nitrogen and oxygen atoms in total. The average Bonchev–Trinajstić information content (AvgIpc) is 2.64. The third kappa shape index (κ3) is 4.03. The minimum Gasteiger partial charge on any atom is -0.493 e. The fourth-order valence-corrected chi connectivity index (χ4v) is 3.59. The smallest absolute Gasteiger partial charge is 0.416 e. The lowest BCUT2D eigenvalue weighted by molar-refractivity contribution is -0.138. The topological polar surface area (TPSA) is 30.5 Å². The molecule has 1 aliphatic heterocycles. The van der Waals surface area contributed by atoms with Crippen LogP contribution >= 0.6 is 0 Å². The van der Waals surface area contributed by atoms with Crippen molar-refractivity contribution in [1.29, 1.82) is 0 Å². The Hall–Kier alpha value is -2.28. The number of benzene rings is 2. The van der Waals surface area contributed by atoms with E-state index in [1.807, 2.05) is 12.1 Å². The Morgan fingerprint density at radius 3 is 2.48 bits per heavy atom. The fraction of sp³-hybridized carbons (Fsp3) is 0.400. The molecule has 1 atom stereocenters. The quantitative estimate of drug-likeness (QED) is 0.761. The van der Waals surface area contributed by atoms with E-state index >= 15 is 0 Å². The number of methoxy groups -OCH3 is 2. The Morgan fingerprint density at radius 2 is 1.81 bits per heavy atom. The van der Waals surface area contributed by atoms with Gasteiger partial charge in [-0.2, -0.15) is 13.2 Å². The summed E-state index contributed by atoms with van der Waals surface area (Å²) in [6.45, 7) is 0.691. The standard InChI is InChI=1S/C20H21F4NO2/c1-26-18-10-12-8-9-25-17(14(12)11-19(18)27-2)7-6-13-15(20(22,23)24)4-3-5-16(13)21/h3-5,10-11,17,25H,6-9H2,1-2H3. The molecule has 27 heavy (non-hydrogen) atoms. The fourth-order valence-electron chi connectivity index (χ4n) is 3.59. The van der Waals surface area contributed by atoms with Gasteiger partial charge in [-0.3, -0.25) is 0 Å². The Balaban J connectivity index is 1.88. The second-order valence-electron chi connectivity index (χ2n) is 6.47. The molecule has 0 spiro atoms. The molecule has 1 unspecified atom stereocenters. The SMILES string of the molecule is COc1cc2c(cc1OC)C(CCc1c(F)cccc1C(F)(F)F)NCC2. The van der Waals surface area contributed by atoms with Crippen molar-refractivity contribution in [2.24, 2.45) is 0 Å². The molecule has 3 rings (SSSR count). The number of halogens is 4. The molecule has 1 aliphatic rings. The zero-order chi connectivity index (χ0) is 19.6. The maximum Gasteiger partial charge on any atom is 0.416 e. The lowest BCUT2D eigenvalue weighted by Gasteiger charge is -2.28. The number of nitrogens with one attached hydrogen (secondary N) is 1. The number of ether oxygens (including phenoxy) is 2. The van der Waals surface area contributed by atoms with Crippen LogP contribution in [0.15, 0.2) is 30.3 Å². The molecule has 0 saturated heterocycles. The lowest BCUT2D eigenvalue weighted by Crippen LogP contribution is -2.30. The molecule has 7 heteroatoms. The van der Waals surface area contributed by atoms with Crippen molar-refractivity contribution in [3.8, 4) is 11.5 Å². The third-order valence-corrected chi connectivity index (χ3v) is 4.91. The van der Waals surface area contributed by atoms with Crippen LogP contribution in [0.4, 0.5) is 17.6 Å². The van der Waals surface area contributed by atoms with Crippen molar-refractivity contribution >= 4 is 0 Å². The summed E-state index contributed by atoms with van der Waals surface area (Å²) < 4.78 is 64.3. The molecular formula is C20H21F4NO2. The predicted octanol–water partition coefficient (Wildman–Crippen LogP) is 4.68. The molecule has 0 bridgehead atoms. The summed E-state index contributed by atoms with van der Waals surface area (Å²) >= 11 is 0. The molecule has 0 amide bonds. The van der Waals surface area contributed by atoms with E-state index in [0.717, 1.165) is 35.7 Å². The molecule has 0 fully saturated rings. The Bertz CT molecular complexity index is 820. The highest BCUT2D eigenvalue weighted by molar-refractivity contribution is 5.49. The molecule has 2 aromatic rings. The van der Waals surface area contributed by atoms with Gasteiger partial charge in [0.15, 0.2) is 11.5 Å². The second kappa shape index (κ2) is 7.76. The van der Waals surface area contributed by atoms with E-state index in [4.69, 9.17) is 9.47 Å². The maximum absolute atomic E-state index is 14.1. The molecule has 0 radical (unpaired) electrons. The first-order valence-electron chi connectivity index (χ1n) is 8.68. The summed E-state index contributed by atoms with van der Waals surface area (Å²) in [5.41, 5.74) is 0.801. The van der Waals surface area contributed by atoms with Crippen LogP contribution in [0.1, 0.15) is 34.7 Å². The maximum atomic E-state index is 14.1. The van der Waals surface area contributed by atoms with Crippen LogP contribution in [0, 0.1) is 5.82 Å². The highest BCUT2D eigenvalue weighted by atomic mass is 19.4. The molecule has 0 aliphatic carbocycles. The zero-order valence-electron chi connectivity index (χ0n) is 15.1. The van der Waals surface area contributed by atoms with Gasteiger partial charge < -0.3 is 14.8 Å². The summed E-state index contributed by atoms with van der Waals surface area (Å²) in [5, 5.41) is 3.31. The van der Waals surface area contributed by atoms with E-state index in [1.54, 1.807) is 7.11 Å². The van der Waals surface area contributed by atoms with Crippen LogP contribution in [0.3, 0.4) is 0 Å². The van der Waals surface area contributed by atoms with Gasteiger partial charge in [0.25, 0.3) is 0 Å². The number of hydrogen-bond donors (Lipinski definition) is 1. The first-order chi connectivity index (χ1) is 12.8. The first kappa shape index (κ1) is 19.5. The third-order valence-electron chi connectivity index (χ3n) is 4.91. The van der Waals surface area contributed by atoms with Crippen molar-refractivity contribution < 1.29 is 27.0 Å². The van der Waals surface area contributed by atoms with Gasteiger partial charge in [0.1, 0.15) is 5.82 Å². The van der Waals surface area contributed by atoms with Gasteiger partial charge in [0.2, 0.25) is 0 Å². The molecule has 0 saturated carbocycles.